The molecule has 2 amide bonds. The minimum atomic E-state index is -0.398. The Morgan fingerprint density at radius 3 is 2.58 bits per heavy atom. The van der Waals surface area contributed by atoms with Crippen LogP contribution in [0.4, 0.5) is 0 Å². The van der Waals surface area contributed by atoms with Crippen LogP contribution in [0.3, 0.4) is 0 Å². The SMILES string of the molecule is C=CC(=O)NCCCCCNC(=O)c1ccccc1C(C)N=[N+]=[N-]. The van der Waals surface area contributed by atoms with E-state index in [1.54, 1.807) is 25.1 Å². The summed E-state index contributed by atoms with van der Waals surface area (Å²) in [6.45, 7) is 6.29. The van der Waals surface area contributed by atoms with Crippen molar-refractivity contribution in [2.75, 3.05) is 13.1 Å². The maximum Gasteiger partial charge on any atom is 0.251 e. The van der Waals surface area contributed by atoms with Gasteiger partial charge < -0.3 is 10.6 Å². The highest BCUT2D eigenvalue weighted by molar-refractivity contribution is 5.95. The van der Waals surface area contributed by atoms with E-state index in [1.807, 2.05) is 6.07 Å². The number of azide groups is 1. The molecule has 24 heavy (non-hydrogen) atoms. The van der Waals surface area contributed by atoms with Crippen molar-refractivity contribution in [3.8, 4) is 0 Å². The number of carbonyl (C=O) groups excluding carboxylic acids is 2. The van der Waals surface area contributed by atoms with E-state index in [2.05, 4.69) is 27.2 Å². The summed E-state index contributed by atoms with van der Waals surface area (Å²) in [6, 6.07) is 6.71. The number of amides is 2. The third kappa shape index (κ3) is 6.54. The molecule has 0 aliphatic rings. The standard InChI is InChI=1S/C17H23N5O2/c1-3-16(23)19-11-7-4-8-12-20-17(24)15-10-6-5-9-14(15)13(2)21-22-18/h3,5-6,9-10,13H,1,4,7-8,11-12H2,2H3,(H,19,23)(H,20,24). The van der Waals surface area contributed by atoms with Crippen LogP contribution in [-0.4, -0.2) is 24.9 Å². The van der Waals surface area contributed by atoms with E-state index < -0.39 is 6.04 Å². The number of rotatable bonds is 10. The van der Waals surface area contributed by atoms with Gasteiger partial charge in [-0.3, -0.25) is 9.59 Å². The quantitative estimate of drug-likeness (QED) is 0.226. The molecule has 1 aromatic carbocycles. The summed E-state index contributed by atoms with van der Waals surface area (Å²) in [4.78, 5) is 26.0. The lowest BCUT2D eigenvalue weighted by atomic mass is 10.0. The second kappa shape index (κ2) is 10.9. The van der Waals surface area contributed by atoms with Gasteiger partial charge >= 0.3 is 0 Å². The Kier molecular flexibility index (Phi) is 8.71. The van der Waals surface area contributed by atoms with E-state index in [1.165, 1.54) is 6.08 Å². The number of unbranched alkanes of at least 4 members (excludes halogenated alkanes) is 2. The average molecular weight is 329 g/mol. The molecule has 0 bridgehead atoms. The third-order valence-electron chi connectivity index (χ3n) is 3.50. The molecule has 0 fully saturated rings. The van der Waals surface area contributed by atoms with Gasteiger partial charge in [0.05, 0.1) is 6.04 Å². The predicted molar refractivity (Wildman–Crippen MR) is 93.4 cm³/mol. The first kappa shape index (κ1) is 19.3. The molecule has 0 heterocycles. The molecule has 1 atom stereocenters. The van der Waals surface area contributed by atoms with Crippen molar-refractivity contribution in [1.29, 1.82) is 0 Å². The largest absolute Gasteiger partial charge is 0.353 e. The Hall–Kier alpha value is -2.79. The van der Waals surface area contributed by atoms with Crippen molar-refractivity contribution in [2.45, 2.75) is 32.2 Å². The topological polar surface area (TPSA) is 107 Å². The summed E-state index contributed by atoms with van der Waals surface area (Å²) in [7, 11) is 0. The Balaban J connectivity index is 2.40. The van der Waals surface area contributed by atoms with Gasteiger partial charge in [-0.15, -0.1) is 0 Å². The second-order valence-corrected chi connectivity index (χ2v) is 5.28. The zero-order chi connectivity index (χ0) is 17.8. The van der Waals surface area contributed by atoms with Crippen molar-refractivity contribution in [3.05, 3.63) is 58.5 Å². The summed E-state index contributed by atoms with van der Waals surface area (Å²) in [6.07, 6.45) is 3.81. The van der Waals surface area contributed by atoms with Crippen molar-refractivity contribution >= 4 is 11.8 Å². The molecule has 0 saturated heterocycles. The van der Waals surface area contributed by atoms with Gasteiger partial charge in [0.1, 0.15) is 0 Å². The molecule has 7 heteroatoms. The van der Waals surface area contributed by atoms with Gasteiger partial charge in [0, 0.05) is 23.6 Å². The van der Waals surface area contributed by atoms with Crippen LogP contribution >= 0.6 is 0 Å². The molecule has 2 N–H and O–H groups in total. The summed E-state index contributed by atoms with van der Waals surface area (Å²) < 4.78 is 0. The Labute approximate surface area is 141 Å². The van der Waals surface area contributed by atoms with Crippen LogP contribution in [0.1, 0.15) is 48.1 Å². The average Bonchev–Trinajstić information content (AvgIpc) is 2.60. The van der Waals surface area contributed by atoms with E-state index >= 15 is 0 Å². The number of carbonyl (C=O) groups is 2. The molecule has 0 aromatic heterocycles. The Morgan fingerprint density at radius 2 is 1.92 bits per heavy atom. The smallest absolute Gasteiger partial charge is 0.251 e. The van der Waals surface area contributed by atoms with Crippen LogP contribution in [0.5, 0.6) is 0 Å². The van der Waals surface area contributed by atoms with E-state index in [4.69, 9.17) is 5.53 Å². The molecule has 0 radical (unpaired) electrons. The van der Waals surface area contributed by atoms with Crippen molar-refractivity contribution in [2.24, 2.45) is 5.11 Å². The molecular weight excluding hydrogens is 306 g/mol. The highest BCUT2D eigenvalue weighted by Gasteiger charge is 2.14. The maximum absolute atomic E-state index is 12.3. The molecule has 0 aliphatic carbocycles. The van der Waals surface area contributed by atoms with E-state index in [-0.39, 0.29) is 11.8 Å². The first-order valence-electron chi connectivity index (χ1n) is 7.91. The van der Waals surface area contributed by atoms with Crippen molar-refractivity contribution in [1.82, 2.24) is 10.6 Å². The number of nitrogens with zero attached hydrogens (tertiary/aromatic N) is 3. The van der Waals surface area contributed by atoms with Crippen molar-refractivity contribution < 1.29 is 9.59 Å². The molecule has 1 unspecified atom stereocenters. The third-order valence-corrected chi connectivity index (χ3v) is 3.50. The zero-order valence-corrected chi connectivity index (χ0v) is 13.9. The summed E-state index contributed by atoms with van der Waals surface area (Å²) in [5, 5.41) is 9.22. The summed E-state index contributed by atoms with van der Waals surface area (Å²) >= 11 is 0. The second-order valence-electron chi connectivity index (χ2n) is 5.28. The molecule has 0 saturated carbocycles. The Bertz CT molecular complexity index is 623. The van der Waals surface area contributed by atoms with Crippen LogP contribution in [0.2, 0.25) is 0 Å². The molecule has 0 aliphatic heterocycles. The van der Waals surface area contributed by atoms with Gasteiger partial charge in [-0.05, 0) is 42.5 Å². The van der Waals surface area contributed by atoms with Crippen molar-refractivity contribution in [3.63, 3.8) is 0 Å². The zero-order valence-electron chi connectivity index (χ0n) is 13.9. The lowest BCUT2D eigenvalue weighted by Gasteiger charge is -2.12. The molecule has 128 valence electrons. The maximum atomic E-state index is 12.3. The fourth-order valence-corrected chi connectivity index (χ4v) is 2.22. The fraction of sp³-hybridized carbons (Fsp3) is 0.412. The number of benzene rings is 1. The van der Waals surface area contributed by atoms with E-state index in [9.17, 15) is 9.59 Å². The lowest BCUT2D eigenvalue weighted by molar-refractivity contribution is -0.116. The van der Waals surface area contributed by atoms with Gasteiger partial charge in [-0.1, -0.05) is 36.8 Å². The lowest BCUT2D eigenvalue weighted by Crippen LogP contribution is -2.26. The van der Waals surface area contributed by atoms with Gasteiger partial charge in [-0.2, -0.15) is 0 Å². The molecule has 0 spiro atoms. The van der Waals surface area contributed by atoms with Gasteiger partial charge in [0.25, 0.3) is 5.91 Å². The number of hydrogen-bond acceptors (Lipinski definition) is 3. The Morgan fingerprint density at radius 1 is 1.25 bits per heavy atom. The van der Waals surface area contributed by atoms with Gasteiger partial charge in [0.15, 0.2) is 0 Å². The first-order chi connectivity index (χ1) is 11.6. The minimum absolute atomic E-state index is 0.172. The van der Waals surface area contributed by atoms with Gasteiger partial charge in [-0.25, -0.2) is 0 Å². The van der Waals surface area contributed by atoms with E-state index in [0.29, 0.717) is 24.2 Å². The monoisotopic (exact) mass is 329 g/mol. The van der Waals surface area contributed by atoms with Crippen LogP contribution in [-0.2, 0) is 4.79 Å². The molecular formula is C17H23N5O2. The first-order valence-corrected chi connectivity index (χ1v) is 7.91. The molecule has 7 nitrogen and oxygen atoms in total. The summed E-state index contributed by atoms with van der Waals surface area (Å²) in [5.74, 6) is -0.348. The van der Waals surface area contributed by atoms with E-state index in [0.717, 1.165) is 19.3 Å². The number of nitrogens with one attached hydrogen (secondary N) is 2. The summed E-state index contributed by atoms with van der Waals surface area (Å²) in [5.41, 5.74) is 9.78. The minimum Gasteiger partial charge on any atom is -0.353 e. The predicted octanol–water partition coefficient (Wildman–Crippen LogP) is 3.26. The highest BCUT2D eigenvalue weighted by atomic mass is 16.2. The fourth-order valence-electron chi connectivity index (χ4n) is 2.22. The highest BCUT2D eigenvalue weighted by Crippen LogP contribution is 2.21. The molecule has 1 rings (SSSR count). The van der Waals surface area contributed by atoms with Crippen LogP contribution in [0.15, 0.2) is 42.0 Å². The molecule has 1 aromatic rings. The van der Waals surface area contributed by atoms with Gasteiger partial charge in [0.2, 0.25) is 5.91 Å². The normalized spacial score (nSPS) is 11.0. The van der Waals surface area contributed by atoms with Crippen LogP contribution in [0.25, 0.3) is 10.4 Å². The van der Waals surface area contributed by atoms with Crippen LogP contribution < -0.4 is 10.6 Å². The number of hydrogen-bond donors (Lipinski definition) is 2. The van der Waals surface area contributed by atoms with Crippen LogP contribution in [0, 0.1) is 0 Å².